The van der Waals surface area contributed by atoms with Crippen LogP contribution in [0.25, 0.3) is 11.1 Å². The highest BCUT2D eigenvalue weighted by Crippen LogP contribution is 2.41. The Labute approximate surface area is 268 Å². The van der Waals surface area contributed by atoms with Crippen molar-refractivity contribution in [2.24, 2.45) is 0 Å². The number of aryl methyl sites for hydroxylation is 1. The number of aliphatic hydroxyl groups excluding tert-OH is 1. The molecule has 3 aromatic carbocycles. The SMILES string of the molecule is COc1cc(C)c(OCCCC(=O)O)cc1-c1ccc(Cl)cc1CN(C(C)C)[C@@H](C)[C@H](O)c1cc(C(F)(F)F)cc(C(F)(F)F)c1. The number of hydrogen-bond acceptors (Lipinski definition) is 5. The quantitative estimate of drug-likeness (QED) is 0.139. The van der Waals surface area contributed by atoms with Gasteiger partial charge in [-0.3, -0.25) is 9.69 Å². The largest absolute Gasteiger partial charge is 0.496 e. The fourth-order valence-corrected chi connectivity index (χ4v) is 5.36. The van der Waals surface area contributed by atoms with Gasteiger partial charge >= 0.3 is 18.3 Å². The fraction of sp³-hybridized carbons (Fsp3) is 0.424. The van der Waals surface area contributed by atoms with Crippen LogP contribution in [-0.4, -0.2) is 46.9 Å². The minimum atomic E-state index is -5.06. The summed E-state index contributed by atoms with van der Waals surface area (Å²) in [6, 6.07) is 8.45. The van der Waals surface area contributed by atoms with Crippen molar-refractivity contribution >= 4 is 17.6 Å². The first-order valence-corrected chi connectivity index (χ1v) is 14.8. The molecule has 0 saturated heterocycles. The van der Waals surface area contributed by atoms with Crippen molar-refractivity contribution in [1.82, 2.24) is 4.90 Å². The van der Waals surface area contributed by atoms with Crippen molar-refractivity contribution < 1.29 is 50.8 Å². The van der Waals surface area contributed by atoms with Gasteiger partial charge in [0, 0.05) is 35.6 Å². The second-order valence-corrected chi connectivity index (χ2v) is 11.7. The molecule has 46 heavy (non-hydrogen) atoms. The summed E-state index contributed by atoms with van der Waals surface area (Å²) in [4.78, 5) is 12.6. The number of benzene rings is 3. The molecule has 0 aliphatic rings. The summed E-state index contributed by atoms with van der Waals surface area (Å²) < 4.78 is 92.7. The summed E-state index contributed by atoms with van der Waals surface area (Å²) in [5.74, 6) is 0.0489. The van der Waals surface area contributed by atoms with E-state index in [0.717, 1.165) is 5.56 Å². The first kappa shape index (κ1) is 37.0. The van der Waals surface area contributed by atoms with Crippen LogP contribution in [0, 0.1) is 6.92 Å². The molecule has 13 heteroatoms. The van der Waals surface area contributed by atoms with Gasteiger partial charge in [0.1, 0.15) is 11.5 Å². The molecule has 6 nitrogen and oxygen atoms in total. The zero-order valence-electron chi connectivity index (χ0n) is 25.9. The van der Waals surface area contributed by atoms with Crippen LogP contribution in [0.2, 0.25) is 5.02 Å². The van der Waals surface area contributed by atoms with Crippen molar-refractivity contribution in [2.45, 2.75) is 77.6 Å². The van der Waals surface area contributed by atoms with E-state index in [4.69, 9.17) is 26.2 Å². The van der Waals surface area contributed by atoms with Crippen molar-refractivity contribution in [3.63, 3.8) is 0 Å². The van der Waals surface area contributed by atoms with E-state index < -0.39 is 47.2 Å². The summed E-state index contributed by atoms with van der Waals surface area (Å²) in [6.45, 7) is 7.17. The maximum Gasteiger partial charge on any atom is 0.416 e. The van der Waals surface area contributed by atoms with E-state index in [1.54, 1.807) is 49.1 Å². The summed E-state index contributed by atoms with van der Waals surface area (Å²) in [7, 11) is 1.49. The zero-order valence-corrected chi connectivity index (χ0v) is 26.6. The Morgan fingerprint density at radius 1 is 0.913 bits per heavy atom. The first-order valence-electron chi connectivity index (χ1n) is 14.4. The lowest BCUT2D eigenvalue weighted by molar-refractivity contribution is -0.143. The van der Waals surface area contributed by atoms with Crippen LogP contribution in [0.15, 0.2) is 48.5 Å². The lowest BCUT2D eigenvalue weighted by Crippen LogP contribution is -2.42. The van der Waals surface area contributed by atoms with Crippen LogP contribution in [0.5, 0.6) is 11.5 Å². The molecule has 2 atom stereocenters. The number of carbonyl (C=O) groups is 1. The van der Waals surface area contributed by atoms with Crippen LogP contribution in [0.3, 0.4) is 0 Å². The van der Waals surface area contributed by atoms with Crippen molar-refractivity contribution in [3.05, 3.63) is 81.4 Å². The number of carboxylic acid groups (broad SMARTS) is 1. The maximum atomic E-state index is 13.5. The average Bonchev–Trinajstić information content (AvgIpc) is 2.96. The van der Waals surface area contributed by atoms with Crippen molar-refractivity contribution in [2.75, 3.05) is 13.7 Å². The standard InChI is InChI=1S/C33H36ClF6NO5/c1-18(2)41(20(4)31(44)21-12-23(32(35,36)37)15-24(13-21)33(38,39)40)17-22-14-25(34)8-9-26(22)27-16-28(19(3)11-29(27)45-5)46-10-6-7-30(42)43/h8-9,11-16,18,20,31,44H,6-7,10,17H2,1-5H3,(H,42,43)/t20-,31-/m0/s1. The predicted molar refractivity (Wildman–Crippen MR) is 162 cm³/mol. The molecule has 0 aromatic heterocycles. The summed E-state index contributed by atoms with van der Waals surface area (Å²) in [5, 5.41) is 20.5. The Morgan fingerprint density at radius 2 is 1.52 bits per heavy atom. The number of hydrogen-bond donors (Lipinski definition) is 2. The van der Waals surface area contributed by atoms with E-state index in [2.05, 4.69) is 0 Å². The first-order chi connectivity index (χ1) is 21.3. The maximum absolute atomic E-state index is 13.5. The molecule has 0 radical (unpaired) electrons. The Morgan fingerprint density at radius 3 is 2.04 bits per heavy atom. The van der Waals surface area contributed by atoms with E-state index in [1.807, 2.05) is 6.92 Å². The third-order valence-corrected chi connectivity index (χ3v) is 7.83. The Hall–Kier alpha value is -3.48. The Kier molecular flexibility index (Phi) is 12.0. The number of rotatable bonds is 13. The highest BCUT2D eigenvalue weighted by Gasteiger charge is 2.38. The van der Waals surface area contributed by atoms with Crippen molar-refractivity contribution in [1.29, 1.82) is 0 Å². The van der Waals surface area contributed by atoms with Gasteiger partial charge < -0.3 is 19.7 Å². The van der Waals surface area contributed by atoms with Crippen LogP contribution < -0.4 is 9.47 Å². The minimum Gasteiger partial charge on any atom is -0.496 e. The lowest BCUT2D eigenvalue weighted by Gasteiger charge is -2.36. The normalized spacial score (nSPS) is 13.6. The molecule has 252 valence electrons. The van der Waals surface area contributed by atoms with E-state index in [0.29, 0.717) is 51.8 Å². The monoisotopic (exact) mass is 675 g/mol. The Balaban J connectivity index is 2.04. The number of nitrogens with zero attached hydrogens (tertiary/aromatic N) is 1. The number of methoxy groups -OCH3 is 1. The molecule has 0 aliphatic carbocycles. The number of alkyl halides is 6. The molecule has 3 aromatic rings. The van der Waals surface area contributed by atoms with Gasteiger partial charge in [0.15, 0.2) is 0 Å². The highest BCUT2D eigenvalue weighted by molar-refractivity contribution is 6.30. The fourth-order valence-electron chi connectivity index (χ4n) is 5.16. The van der Waals surface area contributed by atoms with Crippen LogP contribution in [0.1, 0.15) is 67.5 Å². The minimum absolute atomic E-state index is 0.0262. The molecule has 0 saturated carbocycles. The third-order valence-electron chi connectivity index (χ3n) is 7.59. The molecule has 0 heterocycles. The average molecular weight is 676 g/mol. The van der Waals surface area contributed by atoms with Gasteiger partial charge in [0.2, 0.25) is 0 Å². The van der Waals surface area contributed by atoms with Crippen LogP contribution in [-0.2, 0) is 23.7 Å². The second kappa shape index (κ2) is 15.0. The predicted octanol–water partition coefficient (Wildman–Crippen LogP) is 8.94. The molecule has 3 rings (SSSR count). The molecule has 0 unspecified atom stereocenters. The number of ether oxygens (including phenoxy) is 2. The zero-order chi connectivity index (χ0) is 34.6. The van der Waals surface area contributed by atoms with Gasteiger partial charge in [-0.25, -0.2) is 0 Å². The number of aliphatic carboxylic acids is 1. The third kappa shape index (κ3) is 9.29. The van der Waals surface area contributed by atoms with E-state index in [-0.39, 0.29) is 31.7 Å². The van der Waals surface area contributed by atoms with Gasteiger partial charge in [-0.2, -0.15) is 26.3 Å². The van der Waals surface area contributed by atoms with E-state index in [9.17, 15) is 36.2 Å². The Bertz CT molecular complexity index is 1490. The number of halogens is 7. The van der Waals surface area contributed by atoms with Gasteiger partial charge in [0.05, 0.1) is 30.9 Å². The van der Waals surface area contributed by atoms with Crippen LogP contribution >= 0.6 is 11.6 Å². The van der Waals surface area contributed by atoms with E-state index in [1.165, 1.54) is 14.0 Å². The molecular formula is C33H36ClF6NO5. The summed E-state index contributed by atoms with van der Waals surface area (Å²) in [5.41, 5.74) is -0.893. The van der Waals surface area contributed by atoms with Gasteiger partial charge in [-0.05, 0) is 98.8 Å². The van der Waals surface area contributed by atoms with Gasteiger partial charge in [-0.15, -0.1) is 0 Å². The van der Waals surface area contributed by atoms with Gasteiger partial charge in [0.25, 0.3) is 0 Å². The molecule has 0 fully saturated rings. The molecule has 0 aliphatic heterocycles. The summed E-state index contributed by atoms with van der Waals surface area (Å²) >= 11 is 6.38. The van der Waals surface area contributed by atoms with Crippen LogP contribution in [0.4, 0.5) is 26.3 Å². The van der Waals surface area contributed by atoms with E-state index >= 15 is 0 Å². The molecule has 2 N–H and O–H groups in total. The molecule has 0 bridgehead atoms. The highest BCUT2D eigenvalue weighted by atomic mass is 35.5. The molecule has 0 amide bonds. The van der Waals surface area contributed by atoms with Gasteiger partial charge in [-0.1, -0.05) is 17.7 Å². The topological polar surface area (TPSA) is 79.2 Å². The summed E-state index contributed by atoms with van der Waals surface area (Å²) in [6.07, 6.45) is -11.6. The molecular weight excluding hydrogens is 640 g/mol. The smallest absolute Gasteiger partial charge is 0.416 e. The lowest BCUT2D eigenvalue weighted by atomic mass is 9.94. The van der Waals surface area contributed by atoms with Crippen molar-refractivity contribution in [3.8, 4) is 22.6 Å². The second-order valence-electron chi connectivity index (χ2n) is 11.3. The number of aliphatic hydroxyl groups is 1. The molecule has 0 spiro atoms. The number of carboxylic acids is 1.